The lowest BCUT2D eigenvalue weighted by atomic mass is 10.00. The lowest BCUT2D eigenvalue weighted by Gasteiger charge is -2.16. The molecule has 0 bridgehead atoms. The zero-order chi connectivity index (χ0) is 29.8. The summed E-state index contributed by atoms with van der Waals surface area (Å²) < 4.78 is 6.66. The van der Waals surface area contributed by atoms with Gasteiger partial charge in [-0.25, -0.2) is 9.67 Å². The van der Waals surface area contributed by atoms with Crippen LogP contribution in [-0.4, -0.2) is 46.3 Å². The summed E-state index contributed by atoms with van der Waals surface area (Å²) >= 11 is 13.7. The van der Waals surface area contributed by atoms with Crippen molar-refractivity contribution in [3.05, 3.63) is 92.3 Å². The van der Waals surface area contributed by atoms with Crippen molar-refractivity contribution in [1.29, 1.82) is 0 Å². The fraction of sp³-hybridized carbons (Fsp3) is 0.233. The van der Waals surface area contributed by atoms with Gasteiger partial charge in [-0.3, -0.25) is 14.4 Å². The molecule has 1 aliphatic heterocycles. The van der Waals surface area contributed by atoms with Gasteiger partial charge in [0.1, 0.15) is 5.56 Å². The molecule has 1 unspecified atom stereocenters. The Labute approximate surface area is 252 Å². The van der Waals surface area contributed by atoms with E-state index in [-0.39, 0.29) is 22.5 Å². The van der Waals surface area contributed by atoms with E-state index in [1.165, 1.54) is 19.3 Å². The van der Waals surface area contributed by atoms with Crippen LogP contribution < -0.4 is 26.2 Å². The van der Waals surface area contributed by atoms with Gasteiger partial charge in [0, 0.05) is 61.1 Å². The maximum absolute atomic E-state index is 12.8. The van der Waals surface area contributed by atoms with E-state index < -0.39 is 11.5 Å². The zero-order valence-electron chi connectivity index (χ0n) is 22.9. The van der Waals surface area contributed by atoms with Crippen LogP contribution in [-0.2, 0) is 18.4 Å². The van der Waals surface area contributed by atoms with Crippen LogP contribution in [0.4, 0.5) is 5.69 Å². The number of carbonyl (C=O) groups is 2. The quantitative estimate of drug-likeness (QED) is 0.257. The second-order valence-electron chi connectivity index (χ2n) is 9.76. The molecule has 1 atom stereocenters. The van der Waals surface area contributed by atoms with Crippen molar-refractivity contribution in [3.63, 3.8) is 0 Å². The van der Waals surface area contributed by atoms with E-state index in [0.717, 1.165) is 16.7 Å². The summed E-state index contributed by atoms with van der Waals surface area (Å²) in [5.41, 5.74) is 3.13. The number of hydrogen-bond donors (Lipinski definition) is 3. The zero-order valence-corrected chi connectivity index (χ0v) is 24.4. The van der Waals surface area contributed by atoms with Gasteiger partial charge in [-0.1, -0.05) is 59.6 Å². The van der Waals surface area contributed by atoms with Crippen molar-refractivity contribution in [2.75, 3.05) is 19.0 Å². The van der Waals surface area contributed by atoms with E-state index in [1.807, 2.05) is 30.3 Å². The molecule has 10 nitrogen and oxygen atoms in total. The summed E-state index contributed by atoms with van der Waals surface area (Å²) in [5, 5.41) is 13.5. The van der Waals surface area contributed by atoms with Crippen LogP contribution in [0.5, 0.6) is 5.88 Å². The molecule has 5 rings (SSSR count). The number of benzene rings is 2. The van der Waals surface area contributed by atoms with Crippen molar-refractivity contribution in [2.45, 2.75) is 25.4 Å². The predicted molar refractivity (Wildman–Crippen MR) is 162 cm³/mol. The molecule has 0 aliphatic carbocycles. The van der Waals surface area contributed by atoms with Gasteiger partial charge >= 0.3 is 0 Å². The third kappa shape index (κ3) is 6.15. The summed E-state index contributed by atoms with van der Waals surface area (Å²) in [6.07, 6.45) is 2.75. The molecule has 0 spiro atoms. The van der Waals surface area contributed by atoms with Crippen LogP contribution in [0.15, 0.2) is 65.6 Å². The molecular formula is C30H28Cl2N6O4. The summed E-state index contributed by atoms with van der Waals surface area (Å²) in [6.45, 7) is 1.18. The van der Waals surface area contributed by atoms with Gasteiger partial charge in [0.2, 0.25) is 11.8 Å². The number of amides is 2. The Hall–Kier alpha value is -4.25. The van der Waals surface area contributed by atoms with Crippen molar-refractivity contribution < 1.29 is 14.3 Å². The van der Waals surface area contributed by atoms with Gasteiger partial charge in [-0.05, 0) is 24.6 Å². The average Bonchev–Trinajstić information content (AvgIpc) is 3.40. The van der Waals surface area contributed by atoms with Gasteiger partial charge in [-0.15, -0.1) is 0 Å². The smallest absolute Gasteiger partial charge is 0.279 e. The highest BCUT2D eigenvalue weighted by atomic mass is 35.5. The van der Waals surface area contributed by atoms with E-state index >= 15 is 0 Å². The molecule has 3 N–H and O–H groups in total. The van der Waals surface area contributed by atoms with E-state index in [2.05, 4.69) is 21.0 Å². The number of nitrogens with one attached hydrogen (secondary N) is 3. The van der Waals surface area contributed by atoms with Crippen LogP contribution in [0.2, 0.25) is 10.0 Å². The van der Waals surface area contributed by atoms with Gasteiger partial charge in [0.15, 0.2) is 0 Å². The molecule has 0 saturated carbocycles. The summed E-state index contributed by atoms with van der Waals surface area (Å²) in [5.74, 6) is -0.0583. The molecule has 42 heavy (non-hydrogen) atoms. The Bertz CT molecular complexity index is 1720. The molecule has 12 heteroatoms. The first-order chi connectivity index (χ1) is 20.3. The molecular weight excluding hydrogens is 579 g/mol. The van der Waals surface area contributed by atoms with Crippen LogP contribution in [0.1, 0.15) is 28.8 Å². The number of pyridine rings is 1. The molecule has 2 amide bonds. The van der Waals surface area contributed by atoms with E-state index in [1.54, 1.807) is 25.3 Å². The van der Waals surface area contributed by atoms with Crippen molar-refractivity contribution >= 4 is 40.7 Å². The normalized spacial score (nSPS) is 14.5. The SMILES string of the molecule is COc1nc(-c2cccc(-c3cccc(NC(=O)c4ccnn(C)c4=O)c3Cl)c2Cl)ccc1CNCC1CCC(=O)N1. The fourth-order valence-electron chi connectivity index (χ4n) is 4.78. The first-order valence-electron chi connectivity index (χ1n) is 13.2. The van der Waals surface area contributed by atoms with Gasteiger partial charge in [0.05, 0.1) is 28.5 Å². The lowest BCUT2D eigenvalue weighted by molar-refractivity contribution is -0.119. The maximum Gasteiger partial charge on any atom is 0.279 e. The van der Waals surface area contributed by atoms with Crippen molar-refractivity contribution in [1.82, 2.24) is 25.4 Å². The average molecular weight is 607 g/mol. The lowest BCUT2D eigenvalue weighted by Crippen LogP contribution is -2.35. The van der Waals surface area contributed by atoms with Crippen molar-refractivity contribution in [3.8, 4) is 28.3 Å². The third-order valence-electron chi connectivity index (χ3n) is 6.99. The molecule has 216 valence electrons. The number of ether oxygens (including phenoxy) is 1. The minimum atomic E-state index is -0.601. The molecule has 1 fully saturated rings. The monoisotopic (exact) mass is 606 g/mol. The number of hydrogen-bond acceptors (Lipinski definition) is 7. The van der Waals surface area contributed by atoms with Crippen LogP contribution in [0.3, 0.4) is 0 Å². The number of carbonyl (C=O) groups excluding carboxylic acids is 2. The second kappa shape index (κ2) is 12.7. The highest BCUT2D eigenvalue weighted by molar-refractivity contribution is 6.39. The van der Waals surface area contributed by atoms with E-state index in [4.69, 9.17) is 32.9 Å². The Morgan fingerprint density at radius 2 is 1.79 bits per heavy atom. The van der Waals surface area contributed by atoms with Crippen LogP contribution in [0.25, 0.3) is 22.4 Å². The molecule has 1 saturated heterocycles. The Balaban J connectivity index is 1.38. The highest BCUT2D eigenvalue weighted by Gasteiger charge is 2.21. The maximum atomic E-state index is 12.8. The first kappa shape index (κ1) is 29.2. The first-order valence-corrected chi connectivity index (χ1v) is 14.0. The number of nitrogens with zero attached hydrogens (tertiary/aromatic N) is 3. The third-order valence-corrected chi connectivity index (χ3v) is 7.80. The summed E-state index contributed by atoms with van der Waals surface area (Å²) in [4.78, 5) is 41.3. The van der Waals surface area contributed by atoms with Gasteiger partial charge < -0.3 is 20.7 Å². The summed E-state index contributed by atoms with van der Waals surface area (Å²) in [7, 11) is 3.03. The van der Waals surface area contributed by atoms with E-state index in [9.17, 15) is 14.4 Å². The van der Waals surface area contributed by atoms with E-state index in [0.29, 0.717) is 58.5 Å². The number of aryl methyl sites for hydroxylation is 1. The standard InChI is InChI=1S/C30H28Cl2N6O4/c1-38-30(41)22(13-14-34-38)28(40)36-24-8-4-6-20(27(24)32)19-5-3-7-21(26(19)31)23-11-9-17(29(37-23)42-2)15-33-16-18-10-12-25(39)35-18/h3-9,11,13-14,18,33H,10,12,15-16H2,1-2H3,(H,35,39)(H,36,40). The van der Waals surface area contributed by atoms with Crippen molar-refractivity contribution in [2.24, 2.45) is 7.05 Å². The number of methoxy groups -OCH3 is 1. The topological polar surface area (TPSA) is 127 Å². The number of aromatic nitrogens is 3. The molecule has 2 aromatic carbocycles. The molecule has 0 radical (unpaired) electrons. The fourth-order valence-corrected chi connectivity index (χ4v) is 5.38. The predicted octanol–water partition coefficient (Wildman–Crippen LogP) is 4.45. The Morgan fingerprint density at radius 1 is 1.05 bits per heavy atom. The Morgan fingerprint density at radius 3 is 2.52 bits per heavy atom. The molecule has 3 heterocycles. The number of rotatable bonds is 9. The minimum Gasteiger partial charge on any atom is -0.481 e. The van der Waals surface area contributed by atoms with Gasteiger partial charge in [-0.2, -0.15) is 5.10 Å². The Kier molecular flexibility index (Phi) is 8.86. The molecule has 4 aromatic rings. The number of halogens is 2. The molecule has 2 aromatic heterocycles. The molecule has 1 aliphatic rings. The van der Waals surface area contributed by atoms with Crippen LogP contribution in [0, 0.1) is 0 Å². The van der Waals surface area contributed by atoms with Gasteiger partial charge in [0.25, 0.3) is 11.5 Å². The summed E-state index contributed by atoms with van der Waals surface area (Å²) in [6, 6.07) is 16.0. The minimum absolute atomic E-state index is 0.0574. The highest BCUT2D eigenvalue weighted by Crippen LogP contribution is 2.41. The number of anilines is 1. The van der Waals surface area contributed by atoms with Crippen LogP contribution >= 0.6 is 23.2 Å². The largest absolute Gasteiger partial charge is 0.481 e. The second-order valence-corrected chi connectivity index (χ2v) is 10.5.